The van der Waals surface area contributed by atoms with Crippen LogP contribution in [0.2, 0.25) is 0 Å². The molecule has 0 aliphatic heterocycles. The minimum absolute atomic E-state index is 0.136. The third-order valence-corrected chi connectivity index (χ3v) is 5.13. The van der Waals surface area contributed by atoms with E-state index in [2.05, 4.69) is 15.6 Å². The third-order valence-electron chi connectivity index (χ3n) is 4.37. The van der Waals surface area contributed by atoms with E-state index in [1.807, 2.05) is 12.1 Å². The molecular weight excluding hydrogens is 433 g/mol. The first kappa shape index (κ1) is 23.1. The molecule has 7 nitrogen and oxygen atoms in total. The molecule has 0 atom stereocenters. The van der Waals surface area contributed by atoms with Gasteiger partial charge in [-0.25, -0.2) is 9.37 Å². The molecule has 1 aromatic heterocycles. The van der Waals surface area contributed by atoms with Crippen molar-refractivity contribution in [3.8, 4) is 17.0 Å². The molecule has 0 saturated heterocycles. The van der Waals surface area contributed by atoms with E-state index >= 15 is 0 Å². The van der Waals surface area contributed by atoms with Gasteiger partial charge in [-0.05, 0) is 49.2 Å². The van der Waals surface area contributed by atoms with Crippen molar-refractivity contribution in [2.45, 2.75) is 26.7 Å². The van der Waals surface area contributed by atoms with E-state index in [-0.39, 0.29) is 23.9 Å². The van der Waals surface area contributed by atoms with Gasteiger partial charge in [-0.2, -0.15) is 0 Å². The molecule has 32 heavy (non-hydrogen) atoms. The standard InChI is InChI=1S/C23H22FN3O4S/c1-14(28)3-4-16-5-8-18(9-6-16)31-12-22(30)27-23-26-21(13-32-23)19-10-7-17(11-20(19)24)25-15(2)29/h5-11,13H,3-4,12H2,1-2H3,(H,25,29)(H,26,27,30). The summed E-state index contributed by atoms with van der Waals surface area (Å²) in [5.41, 5.74) is 2.01. The molecule has 3 rings (SSSR count). The van der Waals surface area contributed by atoms with Crippen LogP contribution in [0.3, 0.4) is 0 Å². The number of hydrogen-bond acceptors (Lipinski definition) is 6. The molecule has 3 aromatic rings. The van der Waals surface area contributed by atoms with Gasteiger partial charge in [-0.1, -0.05) is 12.1 Å². The number of nitrogens with zero attached hydrogens (tertiary/aromatic N) is 1. The number of aromatic nitrogens is 1. The van der Waals surface area contributed by atoms with Crippen molar-refractivity contribution >= 4 is 39.8 Å². The number of hydrogen-bond donors (Lipinski definition) is 2. The predicted octanol–water partition coefficient (Wildman–Crippen LogP) is 4.45. The van der Waals surface area contributed by atoms with Crippen LogP contribution < -0.4 is 15.4 Å². The normalized spacial score (nSPS) is 10.5. The molecule has 0 bridgehead atoms. The zero-order valence-electron chi connectivity index (χ0n) is 17.6. The summed E-state index contributed by atoms with van der Waals surface area (Å²) in [5.74, 6) is -0.547. The molecule has 0 saturated carbocycles. The van der Waals surface area contributed by atoms with E-state index in [9.17, 15) is 18.8 Å². The van der Waals surface area contributed by atoms with Crippen LogP contribution in [0.1, 0.15) is 25.8 Å². The molecule has 0 fully saturated rings. The molecule has 1 heterocycles. The number of carbonyl (C=O) groups excluding carboxylic acids is 3. The average Bonchev–Trinajstić information content (AvgIpc) is 3.19. The van der Waals surface area contributed by atoms with E-state index < -0.39 is 11.7 Å². The average molecular weight is 456 g/mol. The van der Waals surface area contributed by atoms with Crippen LogP contribution in [-0.4, -0.2) is 29.2 Å². The maximum Gasteiger partial charge on any atom is 0.264 e. The van der Waals surface area contributed by atoms with E-state index in [4.69, 9.17) is 4.74 Å². The number of Topliss-reactive ketones (excluding diaryl/α,β-unsaturated/α-hetero) is 1. The van der Waals surface area contributed by atoms with E-state index in [1.165, 1.54) is 30.4 Å². The number of halogens is 1. The second-order valence-electron chi connectivity index (χ2n) is 7.10. The van der Waals surface area contributed by atoms with Gasteiger partial charge in [0.15, 0.2) is 11.7 Å². The van der Waals surface area contributed by atoms with Gasteiger partial charge in [0.1, 0.15) is 17.3 Å². The first-order valence-corrected chi connectivity index (χ1v) is 10.7. The van der Waals surface area contributed by atoms with Crippen LogP contribution in [0.4, 0.5) is 15.2 Å². The van der Waals surface area contributed by atoms with Crippen molar-refractivity contribution in [2.75, 3.05) is 17.2 Å². The molecule has 9 heteroatoms. The van der Waals surface area contributed by atoms with Crippen molar-refractivity contribution in [3.63, 3.8) is 0 Å². The number of rotatable bonds is 9. The monoisotopic (exact) mass is 455 g/mol. The van der Waals surface area contributed by atoms with Gasteiger partial charge in [-0.3, -0.25) is 14.9 Å². The highest BCUT2D eigenvalue weighted by atomic mass is 32.1. The minimum atomic E-state index is -0.533. The fraction of sp³-hybridized carbons (Fsp3) is 0.217. The lowest BCUT2D eigenvalue weighted by Gasteiger charge is -2.07. The number of anilines is 2. The smallest absolute Gasteiger partial charge is 0.264 e. The number of amides is 2. The van der Waals surface area contributed by atoms with Gasteiger partial charge in [0.05, 0.1) is 5.69 Å². The minimum Gasteiger partial charge on any atom is -0.484 e. The lowest BCUT2D eigenvalue weighted by Crippen LogP contribution is -2.20. The largest absolute Gasteiger partial charge is 0.484 e. The molecular formula is C23H22FN3O4S. The maximum atomic E-state index is 14.4. The van der Waals surface area contributed by atoms with Crippen molar-refractivity contribution in [3.05, 3.63) is 59.2 Å². The van der Waals surface area contributed by atoms with Gasteiger partial charge in [0.25, 0.3) is 5.91 Å². The summed E-state index contributed by atoms with van der Waals surface area (Å²) in [4.78, 5) is 38.6. The Balaban J connectivity index is 1.53. The number of ether oxygens (including phenoxy) is 1. The van der Waals surface area contributed by atoms with Crippen molar-refractivity contribution in [1.29, 1.82) is 0 Å². The number of ketones is 1. The zero-order valence-corrected chi connectivity index (χ0v) is 18.4. The summed E-state index contributed by atoms with van der Waals surface area (Å²) >= 11 is 1.17. The molecule has 0 spiro atoms. The second kappa shape index (κ2) is 10.6. The van der Waals surface area contributed by atoms with Crippen LogP contribution in [0.5, 0.6) is 5.75 Å². The van der Waals surface area contributed by atoms with Gasteiger partial charge >= 0.3 is 0 Å². The Kier molecular flexibility index (Phi) is 7.67. The van der Waals surface area contributed by atoms with Crippen LogP contribution >= 0.6 is 11.3 Å². The van der Waals surface area contributed by atoms with Gasteiger partial charge in [-0.15, -0.1) is 11.3 Å². The van der Waals surface area contributed by atoms with E-state index in [1.54, 1.807) is 30.5 Å². The second-order valence-corrected chi connectivity index (χ2v) is 7.95. The number of carbonyl (C=O) groups is 3. The van der Waals surface area contributed by atoms with E-state index in [0.717, 1.165) is 5.56 Å². The summed E-state index contributed by atoms with van der Waals surface area (Å²) in [6.45, 7) is 2.69. The van der Waals surface area contributed by atoms with Crippen LogP contribution in [0.15, 0.2) is 47.8 Å². The zero-order chi connectivity index (χ0) is 23.1. The molecule has 2 N–H and O–H groups in total. The van der Waals surface area contributed by atoms with Crippen molar-refractivity contribution < 1.29 is 23.5 Å². The highest BCUT2D eigenvalue weighted by Crippen LogP contribution is 2.28. The molecule has 166 valence electrons. The Morgan fingerprint density at radius 1 is 1.06 bits per heavy atom. The lowest BCUT2D eigenvalue weighted by molar-refractivity contribution is -0.118. The first-order valence-electron chi connectivity index (χ1n) is 9.84. The Bertz CT molecular complexity index is 1130. The van der Waals surface area contributed by atoms with Gasteiger partial charge < -0.3 is 14.8 Å². The van der Waals surface area contributed by atoms with Crippen LogP contribution in [0.25, 0.3) is 11.3 Å². The summed E-state index contributed by atoms with van der Waals surface area (Å²) < 4.78 is 19.9. The molecule has 2 aromatic carbocycles. The molecule has 0 radical (unpaired) electrons. The van der Waals surface area contributed by atoms with Gasteiger partial charge in [0, 0.05) is 30.0 Å². The molecule has 2 amide bonds. The topological polar surface area (TPSA) is 97.4 Å². The Morgan fingerprint density at radius 2 is 1.81 bits per heavy atom. The highest BCUT2D eigenvalue weighted by molar-refractivity contribution is 7.14. The quantitative estimate of drug-likeness (QED) is 0.497. The molecule has 0 aliphatic rings. The molecule has 0 unspecified atom stereocenters. The van der Waals surface area contributed by atoms with Crippen LogP contribution in [-0.2, 0) is 20.8 Å². The Morgan fingerprint density at radius 3 is 2.47 bits per heavy atom. The summed E-state index contributed by atoms with van der Waals surface area (Å²) in [6.07, 6.45) is 1.15. The summed E-state index contributed by atoms with van der Waals surface area (Å²) in [5, 5.41) is 7.10. The van der Waals surface area contributed by atoms with Crippen molar-refractivity contribution in [1.82, 2.24) is 4.98 Å². The Labute approximate surface area is 188 Å². The van der Waals surface area contributed by atoms with Crippen molar-refractivity contribution in [2.24, 2.45) is 0 Å². The summed E-state index contributed by atoms with van der Waals surface area (Å²) in [6, 6.07) is 11.5. The Hall–Kier alpha value is -3.59. The summed E-state index contributed by atoms with van der Waals surface area (Å²) in [7, 11) is 0. The third kappa shape index (κ3) is 6.71. The fourth-order valence-electron chi connectivity index (χ4n) is 2.84. The number of aryl methyl sites for hydroxylation is 1. The van der Waals surface area contributed by atoms with Crippen LogP contribution in [0, 0.1) is 5.82 Å². The van der Waals surface area contributed by atoms with E-state index in [0.29, 0.717) is 35.1 Å². The SMILES string of the molecule is CC(=O)CCc1ccc(OCC(=O)Nc2nc(-c3ccc(NC(C)=O)cc3F)cs2)cc1. The van der Waals surface area contributed by atoms with Gasteiger partial charge in [0.2, 0.25) is 5.91 Å². The maximum absolute atomic E-state index is 14.4. The predicted molar refractivity (Wildman–Crippen MR) is 121 cm³/mol. The fourth-order valence-corrected chi connectivity index (χ4v) is 3.56. The number of thiazole rings is 1. The lowest BCUT2D eigenvalue weighted by atomic mass is 10.1. The first-order chi connectivity index (χ1) is 15.3. The number of benzene rings is 2. The molecule has 0 aliphatic carbocycles. The number of nitrogens with one attached hydrogen (secondary N) is 2. The highest BCUT2D eigenvalue weighted by Gasteiger charge is 2.13.